The van der Waals surface area contributed by atoms with Crippen LogP contribution in [0, 0.1) is 0 Å². The topological polar surface area (TPSA) is 124 Å². The molecule has 1 saturated heterocycles. The van der Waals surface area contributed by atoms with E-state index in [1.54, 1.807) is 12.1 Å². The van der Waals surface area contributed by atoms with E-state index in [0.29, 0.717) is 11.3 Å². The molecule has 1 fully saturated rings. The molecule has 0 bridgehead atoms. The van der Waals surface area contributed by atoms with Gasteiger partial charge in [-0.2, -0.15) is 4.98 Å². The van der Waals surface area contributed by atoms with Crippen molar-refractivity contribution in [2.24, 2.45) is 0 Å². The summed E-state index contributed by atoms with van der Waals surface area (Å²) >= 11 is 0. The highest BCUT2D eigenvalue weighted by atomic mass is 16.5. The van der Waals surface area contributed by atoms with E-state index >= 15 is 0 Å². The highest BCUT2D eigenvalue weighted by molar-refractivity contribution is 5.68. The third-order valence-corrected chi connectivity index (χ3v) is 3.46. The van der Waals surface area contributed by atoms with Crippen molar-refractivity contribution in [3.05, 3.63) is 35.1 Å². The molecule has 0 radical (unpaired) electrons. The number of nitrogen functional groups attached to an aromatic ring is 1. The highest BCUT2D eigenvalue weighted by Gasteiger charge is 2.35. The molecule has 1 aliphatic rings. The van der Waals surface area contributed by atoms with Crippen LogP contribution in [0.1, 0.15) is 12.6 Å². The van der Waals surface area contributed by atoms with Crippen LogP contribution in [-0.2, 0) is 4.74 Å². The molecule has 0 unspecified atom stereocenters. The lowest BCUT2D eigenvalue weighted by Crippen LogP contribution is -2.28. The number of hydrogen-bond acceptors (Lipinski definition) is 7. The molecule has 112 valence electrons. The second kappa shape index (κ2) is 5.32. The number of nitrogens with two attached hydrogens (primary N) is 1. The number of nitrogens with zero attached hydrogens (tertiary/aromatic N) is 2. The molecule has 0 aromatic carbocycles. The van der Waals surface area contributed by atoms with E-state index in [1.165, 1.54) is 17.0 Å². The van der Waals surface area contributed by atoms with E-state index < -0.39 is 24.1 Å². The third-order valence-electron chi connectivity index (χ3n) is 3.46. The summed E-state index contributed by atoms with van der Waals surface area (Å²) in [5, 5.41) is 18.9. The smallest absolute Gasteiger partial charge is 0.351 e. The number of furan rings is 1. The molecule has 1 aliphatic heterocycles. The SMILES string of the molecule is Nc1nc(=O)n([C@@H]2C[C@@H](O)[C@H](CO)O2)cc1-c1ccco1. The van der Waals surface area contributed by atoms with Gasteiger partial charge in [-0.15, -0.1) is 0 Å². The third kappa shape index (κ3) is 2.44. The molecule has 0 amide bonds. The fraction of sp³-hybridized carbons (Fsp3) is 0.385. The molecule has 3 atom stereocenters. The first kappa shape index (κ1) is 13.8. The van der Waals surface area contributed by atoms with E-state index in [2.05, 4.69) is 4.98 Å². The van der Waals surface area contributed by atoms with Crippen molar-refractivity contribution in [2.45, 2.75) is 24.9 Å². The first-order valence-electron chi connectivity index (χ1n) is 6.47. The Kier molecular flexibility index (Phi) is 3.50. The standard InChI is InChI=1S/C13H15N3O5/c14-12-7(9-2-1-3-20-9)5-16(13(19)15-12)11-4-8(18)10(6-17)21-11/h1-3,5,8,10-11,17-18H,4,6H2,(H2,14,15,19)/t8-,10+,11+/m1/s1. The maximum absolute atomic E-state index is 12.0. The second-order valence-corrected chi connectivity index (χ2v) is 4.82. The predicted octanol–water partition coefficient (Wildman–Crippen LogP) is -0.274. The first-order chi connectivity index (χ1) is 10.1. The van der Waals surface area contributed by atoms with Crippen LogP contribution in [0.4, 0.5) is 5.82 Å². The van der Waals surface area contributed by atoms with Gasteiger partial charge in [-0.25, -0.2) is 4.79 Å². The maximum Gasteiger partial charge on any atom is 0.351 e. The summed E-state index contributed by atoms with van der Waals surface area (Å²) in [6.45, 7) is -0.320. The van der Waals surface area contributed by atoms with Crippen LogP contribution >= 0.6 is 0 Å². The zero-order valence-electron chi connectivity index (χ0n) is 11.0. The average molecular weight is 293 g/mol. The zero-order chi connectivity index (χ0) is 15.0. The number of aromatic nitrogens is 2. The number of rotatable bonds is 3. The molecule has 0 spiro atoms. The Hall–Kier alpha value is -2.16. The molecule has 21 heavy (non-hydrogen) atoms. The molecule has 2 aromatic heterocycles. The van der Waals surface area contributed by atoms with Crippen LogP contribution in [0.15, 0.2) is 33.8 Å². The second-order valence-electron chi connectivity index (χ2n) is 4.82. The quantitative estimate of drug-likeness (QED) is 0.711. The summed E-state index contributed by atoms with van der Waals surface area (Å²) in [4.78, 5) is 15.7. The maximum atomic E-state index is 12.0. The van der Waals surface area contributed by atoms with Crippen molar-refractivity contribution in [2.75, 3.05) is 12.3 Å². The molecule has 3 rings (SSSR count). The van der Waals surface area contributed by atoms with Gasteiger partial charge in [-0.3, -0.25) is 4.57 Å². The fourth-order valence-corrected chi connectivity index (χ4v) is 2.36. The van der Waals surface area contributed by atoms with E-state index in [-0.39, 0.29) is 18.8 Å². The molecular weight excluding hydrogens is 278 g/mol. The van der Waals surface area contributed by atoms with Crippen LogP contribution in [0.3, 0.4) is 0 Å². The van der Waals surface area contributed by atoms with Gasteiger partial charge < -0.3 is 25.1 Å². The van der Waals surface area contributed by atoms with Gasteiger partial charge >= 0.3 is 5.69 Å². The van der Waals surface area contributed by atoms with E-state index in [0.717, 1.165) is 0 Å². The summed E-state index contributed by atoms with van der Waals surface area (Å²) in [7, 11) is 0. The minimum atomic E-state index is -0.837. The summed E-state index contributed by atoms with van der Waals surface area (Å²) in [5.74, 6) is 0.537. The summed E-state index contributed by atoms with van der Waals surface area (Å²) < 4.78 is 12.0. The van der Waals surface area contributed by atoms with Gasteiger partial charge in [-0.05, 0) is 12.1 Å². The van der Waals surface area contributed by atoms with Crippen molar-refractivity contribution in [3.8, 4) is 11.3 Å². The van der Waals surface area contributed by atoms with Crippen LogP contribution in [-0.4, -0.2) is 38.6 Å². The monoisotopic (exact) mass is 293 g/mol. The number of aliphatic hydroxyl groups is 2. The Morgan fingerprint density at radius 1 is 1.52 bits per heavy atom. The zero-order valence-corrected chi connectivity index (χ0v) is 11.0. The van der Waals surface area contributed by atoms with Gasteiger partial charge in [0, 0.05) is 12.6 Å². The lowest BCUT2D eigenvalue weighted by atomic mass is 10.2. The van der Waals surface area contributed by atoms with Gasteiger partial charge in [-0.1, -0.05) is 0 Å². The van der Waals surface area contributed by atoms with E-state index in [1.807, 2.05) is 0 Å². The molecule has 2 aromatic rings. The van der Waals surface area contributed by atoms with Gasteiger partial charge in [0.1, 0.15) is 23.9 Å². The van der Waals surface area contributed by atoms with Gasteiger partial charge in [0.15, 0.2) is 0 Å². The molecule has 3 heterocycles. The van der Waals surface area contributed by atoms with Gasteiger partial charge in [0.05, 0.1) is 24.5 Å². The van der Waals surface area contributed by atoms with Crippen molar-refractivity contribution in [3.63, 3.8) is 0 Å². The molecule has 0 aliphatic carbocycles. The van der Waals surface area contributed by atoms with Crippen molar-refractivity contribution in [1.82, 2.24) is 9.55 Å². The molecule has 8 nitrogen and oxygen atoms in total. The number of anilines is 1. The number of hydrogen-bond donors (Lipinski definition) is 3. The van der Waals surface area contributed by atoms with Crippen LogP contribution in [0.25, 0.3) is 11.3 Å². The number of aliphatic hydroxyl groups excluding tert-OH is 2. The van der Waals surface area contributed by atoms with E-state index in [4.69, 9.17) is 20.0 Å². The summed E-state index contributed by atoms with van der Waals surface area (Å²) in [6, 6.07) is 3.39. The van der Waals surface area contributed by atoms with Crippen molar-refractivity contribution in [1.29, 1.82) is 0 Å². The Labute approximate surface area is 119 Å². The Bertz CT molecular complexity index is 682. The minimum absolute atomic E-state index is 0.0588. The molecular formula is C13H15N3O5. The van der Waals surface area contributed by atoms with Crippen LogP contribution in [0.5, 0.6) is 0 Å². The van der Waals surface area contributed by atoms with Gasteiger partial charge in [0.2, 0.25) is 0 Å². The molecule has 0 saturated carbocycles. The normalized spacial score (nSPS) is 25.3. The van der Waals surface area contributed by atoms with Crippen molar-refractivity contribution >= 4 is 5.82 Å². The summed E-state index contributed by atoms with van der Waals surface area (Å²) in [6.07, 6.45) is 0.908. The predicted molar refractivity (Wildman–Crippen MR) is 72.2 cm³/mol. The number of ether oxygens (including phenoxy) is 1. The summed E-state index contributed by atoms with van der Waals surface area (Å²) in [5.41, 5.74) is 5.62. The minimum Gasteiger partial charge on any atom is -0.464 e. The van der Waals surface area contributed by atoms with Crippen LogP contribution < -0.4 is 11.4 Å². The fourth-order valence-electron chi connectivity index (χ4n) is 2.36. The van der Waals surface area contributed by atoms with Crippen LogP contribution in [0.2, 0.25) is 0 Å². The Morgan fingerprint density at radius 3 is 2.95 bits per heavy atom. The lowest BCUT2D eigenvalue weighted by molar-refractivity contribution is -0.0458. The average Bonchev–Trinajstić information content (AvgIpc) is 3.08. The lowest BCUT2D eigenvalue weighted by Gasteiger charge is -2.15. The largest absolute Gasteiger partial charge is 0.464 e. The Morgan fingerprint density at radius 2 is 2.33 bits per heavy atom. The Balaban J connectivity index is 2.00. The first-order valence-corrected chi connectivity index (χ1v) is 6.47. The highest BCUT2D eigenvalue weighted by Crippen LogP contribution is 2.30. The van der Waals surface area contributed by atoms with Crippen molar-refractivity contribution < 1.29 is 19.4 Å². The molecule has 4 N–H and O–H groups in total. The van der Waals surface area contributed by atoms with E-state index in [9.17, 15) is 9.90 Å². The van der Waals surface area contributed by atoms with Gasteiger partial charge in [0.25, 0.3) is 0 Å². The molecule has 8 heteroatoms.